The van der Waals surface area contributed by atoms with Crippen LogP contribution >= 0.6 is 11.6 Å². The maximum Gasteiger partial charge on any atom is 0.134 e. The van der Waals surface area contributed by atoms with Crippen LogP contribution in [0.1, 0.15) is 23.1 Å². The maximum absolute atomic E-state index is 5.87. The van der Waals surface area contributed by atoms with Crippen LogP contribution in [0.15, 0.2) is 42.7 Å². The predicted octanol–water partition coefficient (Wildman–Crippen LogP) is 3.99. The molecule has 2 rings (SSSR count). The van der Waals surface area contributed by atoms with Crippen LogP contribution in [0.25, 0.3) is 0 Å². The number of benzene rings is 1. The highest BCUT2D eigenvalue weighted by Crippen LogP contribution is 2.19. The molecule has 0 aliphatic rings. The molecule has 0 aliphatic heterocycles. The lowest BCUT2D eigenvalue weighted by molar-refractivity contribution is 0.321. The molecule has 21 heavy (non-hydrogen) atoms. The first-order valence-electron chi connectivity index (χ1n) is 6.97. The summed E-state index contributed by atoms with van der Waals surface area (Å²) in [6.07, 6.45) is 5.13. The van der Waals surface area contributed by atoms with Crippen molar-refractivity contribution in [2.75, 3.05) is 12.5 Å². The smallest absolute Gasteiger partial charge is 0.134 e. The third kappa shape index (κ3) is 5.13. The molecule has 0 unspecified atom stereocenters. The molecule has 0 bridgehead atoms. The molecule has 0 N–H and O–H groups in total. The summed E-state index contributed by atoms with van der Waals surface area (Å²) in [5.41, 5.74) is 3.31. The molecule has 0 saturated carbocycles. The van der Waals surface area contributed by atoms with E-state index in [0.717, 1.165) is 17.7 Å². The Morgan fingerprint density at radius 2 is 2.00 bits per heavy atom. The molecular weight excluding hydrogens is 282 g/mol. The number of ether oxygens (including phenoxy) is 1. The van der Waals surface area contributed by atoms with Gasteiger partial charge >= 0.3 is 0 Å². The first kappa shape index (κ1) is 15.4. The van der Waals surface area contributed by atoms with E-state index in [1.54, 1.807) is 12.4 Å². The number of hydrogen-bond donors (Lipinski definition) is 0. The number of aromatic nitrogens is 1. The number of nitrogens with zero attached hydrogens (tertiary/aromatic N) is 1. The van der Waals surface area contributed by atoms with Crippen molar-refractivity contribution in [2.24, 2.45) is 0 Å². The van der Waals surface area contributed by atoms with Crippen LogP contribution in [0.2, 0.25) is 0 Å². The molecule has 1 aromatic carbocycles. The van der Waals surface area contributed by atoms with Crippen molar-refractivity contribution in [3.05, 3.63) is 59.4 Å². The lowest BCUT2D eigenvalue weighted by atomic mass is 10.1. The predicted molar refractivity (Wildman–Crippen MR) is 86.8 cm³/mol. The summed E-state index contributed by atoms with van der Waals surface area (Å²) in [5, 5.41) is 0. The van der Waals surface area contributed by atoms with Gasteiger partial charge in [-0.05, 0) is 42.3 Å². The van der Waals surface area contributed by atoms with Crippen LogP contribution in [-0.4, -0.2) is 17.5 Å². The molecule has 0 spiro atoms. The average molecular weight is 300 g/mol. The van der Waals surface area contributed by atoms with Gasteiger partial charge in [-0.3, -0.25) is 4.98 Å². The zero-order chi connectivity index (χ0) is 14.9. The summed E-state index contributed by atoms with van der Waals surface area (Å²) in [5.74, 6) is 7.57. The van der Waals surface area contributed by atoms with Crippen molar-refractivity contribution in [3.8, 4) is 17.6 Å². The number of halogens is 1. The van der Waals surface area contributed by atoms with E-state index in [9.17, 15) is 0 Å². The molecule has 108 valence electrons. The summed E-state index contributed by atoms with van der Waals surface area (Å²) >= 11 is 5.65. The number of pyridine rings is 1. The van der Waals surface area contributed by atoms with E-state index in [-0.39, 0.29) is 0 Å². The van der Waals surface area contributed by atoms with Crippen molar-refractivity contribution in [2.45, 2.75) is 19.8 Å². The van der Waals surface area contributed by atoms with E-state index in [0.29, 0.717) is 18.9 Å². The topological polar surface area (TPSA) is 22.1 Å². The van der Waals surface area contributed by atoms with E-state index in [4.69, 9.17) is 16.3 Å². The molecule has 0 amide bonds. The van der Waals surface area contributed by atoms with Gasteiger partial charge in [0.05, 0.1) is 12.2 Å². The third-order valence-corrected chi connectivity index (χ3v) is 3.16. The Kier molecular flexibility index (Phi) is 6.12. The van der Waals surface area contributed by atoms with Gasteiger partial charge in [0.15, 0.2) is 0 Å². The minimum atomic E-state index is 0.553. The molecule has 1 heterocycles. The highest BCUT2D eigenvalue weighted by molar-refractivity contribution is 6.18. The van der Waals surface area contributed by atoms with Gasteiger partial charge in [0, 0.05) is 31.1 Å². The van der Waals surface area contributed by atoms with Crippen molar-refractivity contribution in [3.63, 3.8) is 0 Å². The van der Waals surface area contributed by atoms with Gasteiger partial charge < -0.3 is 4.74 Å². The molecule has 0 aliphatic carbocycles. The lowest BCUT2D eigenvalue weighted by Crippen LogP contribution is -2.02. The van der Waals surface area contributed by atoms with Gasteiger partial charge in [0.25, 0.3) is 0 Å². The van der Waals surface area contributed by atoms with Crippen LogP contribution < -0.4 is 4.74 Å². The monoisotopic (exact) mass is 299 g/mol. The maximum atomic E-state index is 5.87. The van der Waals surface area contributed by atoms with E-state index < -0.39 is 0 Å². The number of aryl methyl sites for hydroxylation is 1. The summed E-state index contributed by atoms with van der Waals surface area (Å²) in [4.78, 5) is 4.01. The van der Waals surface area contributed by atoms with Gasteiger partial charge in [-0.2, -0.15) is 0 Å². The van der Waals surface area contributed by atoms with E-state index in [1.807, 2.05) is 37.3 Å². The van der Waals surface area contributed by atoms with Crippen LogP contribution in [0.5, 0.6) is 5.75 Å². The zero-order valence-electron chi connectivity index (χ0n) is 12.1. The van der Waals surface area contributed by atoms with E-state index in [1.165, 1.54) is 11.1 Å². The number of alkyl halides is 1. The normalized spacial score (nSPS) is 9.81. The summed E-state index contributed by atoms with van der Waals surface area (Å²) in [7, 11) is 0. The second-order valence-electron chi connectivity index (χ2n) is 4.69. The fourth-order valence-corrected chi connectivity index (χ4v) is 2.00. The largest absolute Gasteiger partial charge is 0.492 e. The van der Waals surface area contributed by atoms with Gasteiger partial charge in [-0.15, -0.1) is 11.6 Å². The second-order valence-corrected chi connectivity index (χ2v) is 5.07. The highest BCUT2D eigenvalue weighted by Gasteiger charge is 2.02. The lowest BCUT2D eigenvalue weighted by Gasteiger charge is -2.09. The molecule has 0 radical (unpaired) electrons. The van der Waals surface area contributed by atoms with Crippen LogP contribution in [0.3, 0.4) is 0 Å². The molecule has 3 heteroatoms. The minimum absolute atomic E-state index is 0.553. The average Bonchev–Trinajstić information content (AvgIpc) is 2.51. The van der Waals surface area contributed by atoms with Crippen LogP contribution in [-0.2, 0) is 6.42 Å². The van der Waals surface area contributed by atoms with Crippen molar-refractivity contribution in [1.82, 2.24) is 4.98 Å². The zero-order valence-corrected chi connectivity index (χ0v) is 12.9. The summed E-state index contributed by atoms with van der Waals surface area (Å²) < 4.78 is 5.87. The van der Waals surface area contributed by atoms with Gasteiger partial charge in [-0.1, -0.05) is 17.9 Å². The molecule has 0 fully saturated rings. The first-order chi connectivity index (χ1) is 10.3. The summed E-state index contributed by atoms with van der Waals surface area (Å²) in [6.45, 7) is 2.67. The Morgan fingerprint density at radius 3 is 2.76 bits per heavy atom. The third-order valence-electron chi connectivity index (χ3n) is 2.98. The van der Waals surface area contributed by atoms with Crippen LogP contribution in [0.4, 0.5) is 0 Å². The SMILES string of the molecule is Cc1ccc(OCCc2ccncc2)c(C#CCCCl)c1. The highest BCUT2D eigenvalue weighted by atomic mass is 35.5. The molecule has 2 nitrogen and oxygen atoms in total. The number of hydrogen-bond acceptors (Lipinski definition) is 2. The Morgan fingerprint density at radius 1 is 1.19 bits per heavy atom. The fraction of sp³-hybridized carbons (Fsp3) is 0.278. The number of rotatable bonds is 5. The van der Waals surface area contributed by atoms with Gasteiger partial charge in [-0.25, -0.2) is 0 Å². The van der Waals surface area contributed by atoms with Crippen LogP contribution in [0, 0.1) is 18.8 Å². The van der Waals surface area contributed by atoms with Gasteiger partial charge in [0.1, 0.15) is 5.75 Å². The van der Waals surface area contributed by atoms with E-state index >= 15 is 0 Å². The second kappa shape index (κ2) is 8.34. The van der Waals surface area contributed by atoms with E-state index in [2.05, 4.69) is 16.8 Å². The quantitative estimate of drug-likeness (QED) is 0.615. The Hall–Kier alpha value is -1.98. The minimum Gasteiger partial charge on any atom is -0.492 e. The molecule has 1 aromatic heterocycles. The van der Waals surface area contributed by atoms with Gasteiger partial charge in [0.2, 0.25) is 0 Å². The molecule has 2 aromatic rings. The van der Waals surface area contributed by atoms with Crippen molar-refractivity contribution < 1.29 is 4.74 Å². The Labute approximate surface area is 131 Å². The summed E-state index contributed by atoms with van der Waals surface area (Å²) in [6, 6.07) is 10.1. The van der Waals surface area contributed by atoms with Crippen molar-refractivity contribution >= 4 is 11.6 Å². The Bertz CT molecular complexity index is 629. The van der Waals surface area contributed by atoms with Crippen molar-refractivity contribution in [1.29, 1.82) is 0 Å². The molecule has 0 atom stereocenters. The first-order valence-corrected chi connectivity index (χ1v) is 7.50. The standard InChI is InChI=1S/C18H18ClNO/c1-15-5-6-18(17(14-15)4-2-3-10-19)21-13-9-16-7-11-20-12-8-16/h5-8,11-12,14H,3,9-10,13H2,1H3. The molecular formula is C18H18ClNO. The fourth-order valence-electron chi connectivity index (χ4n) is 1.90. The Balaban J connectivity index is 2.01. The molecule has 0 saturated heterocycles.